The summed E-state index contributed by atoms with van der Waals surface area (Å²) >= 11 is 0. The molecule has 1 saturated heterocycles. The quantitative estimate of drug-likeness (QED) is 0.793. The van der Waals surface area contributed by atoms with Crippen LogP contribution in [0, 0.1) is 0 Å². The van der Waals surface area contributed by atoms with Crippen LogP contribution in [0.4, 0.5) is 0 Å². The van der Waals surface area contributed by atoms with Crippen LogP contribution >= 0.6 is 0 Å². The minimum atomic E-state index is -0.556. The fraction of sp³-hybridized carbons (Fsp3) is 0.400. The number of hydrogen-bond donors (Lipinski definition) is 3. The topological polar surface area (TPSA) is 74.3 Å². The lowest BCUT2D eigenvalue weighted by Gasteiger charge is -2.36. The summed E-state index contributed by atoms with van der Waals surface area (Å²) in [4.78, 5) is 15.5. The van der Waals surface area contributed by atoms with Crippen molar-refractivity contribution in [1.82, 2.24) is 10.3 Å². The predicted molar refractivity (Wildman–Crippen MR) is 75.6 cm³/mol. The van der Waals surface area contributed by atoms with E-state index in [-0.39, 0.29) is 12.5 Å². The van der Waals surface area contributed by atoms with Gasteiger partial charge in [0, 0.05) is 30.5 Å². The minimum Gasteiger partial charge on any atom is -0.394 e. The van der Waals surface area contributed by atoms with Crippen molar-refractivity contribution in [3.05, 3.63) is 36.0 Å². The molecule has 5 nitrogen and oxygen atoms in total. The Labute approximate surface area is 116 Å². The third kappa shape index (κ3) is 2.42. The molecule has 1 fully saturated rings. The summed E-state index contributed by atoms with van der Waals surface area (Å²) in [6.07, 6.45) is 3.13. The molecular formula is C15H18N2O3. The highest BCUT2D eigenvalue weighted by atomic mass is 16.5. The number of fused-ring (bicyclic) bond motifs is 1. The zero-order chi connectivity index (χ0) is 14.0. The zero-order valence-electron chi connectivity index (χ0n) is 11.2. The molecular weight excluding hydrogens is 256 g/mol. The number of aliphatic hydroxyl groups excluding tert-OH is 1. The van der Waals surface area contributed by atoms with Crippen LogP contribution in [-0.2, 0) is 4.74 Å². The average Bonchev–Trinajstić information content (AvgIpc) is 2.95. The Balaban J connectivity index is 1.80. The molecule has 2 aromatic rings. The fourth-order valence-electron chi connectivity index (χ4n) is 2.59. The first kappa shape index (κ1) is 13.1. The molecule has 1 aliphatic rings. The molecule has 1 aromatic heterocycles. The van der Waals surface area contributed by atoms with Crippen LogP contribution in [0.5, 0.6) is 0 Å². The van der Waals surface area contributed by atoms with Crippen molar-refractivity contribution < 1.29 is 14.6 Å². The third-order valence-corrected chi connectivity index (χ3v) is 3.95. The Kier molecular flexibility index (Phi) is 3.46. The summed E-state index contributed by atoms with van der Waals surface area (Å²) in [7, 11) is 0. The predicted octanol–water partition coefficient (Wildman–Crippen LogP) is 1.44. The van der Waals surface area contributed by atoms with Gasteiger partial charge in [-0.2, -0.15) is 0 Å². The van der Waals surface area contributed by atoms with Crippen LogP contribution in [0.25, 0.3) is 10.9 Å². The number of hydrogen-bond acceptors (Lipinski definition) is 3. The number of ether oxygens (including phenoxy) is 1. The second-order valence-electron chi connectivity index (χ2n) is 5.28. The van der Waals surface area contributed by atoms with Crippen LogP contribution in [0.15, 0.2) is 30.5 Å². The third-order valence-electron chi connectivity index (χ3n) is 3.95. The molecule has 0 radical (unpaired) electrons. The van der Waals surface area contributed by atoms with Crippen LogP contribution < -0.4 is 5.32 Å². The van der Waals surface area contributed by atoms with E-state index in [0.717, 1.165) is 10.9 Å². The maximum absolute atomic E-state index is 12.4. The van der Waals surface area contributed by atoms with E-state index in [9.17, 15) is 9.90 Å². The summed E-state index contributed by atoms with van der Waals surface area (Å²) in [5.74, 6) is -0.155. The van der Waals surface area contributed by atoms with Gasteiger partial charge in [-0.25, -0.2) is 0 Å². The molecule has 0 spiro atoms. The Morgan fingerprint density at radius 3 is 2.90 bits per heavy atom. The van der Waals surface area contributed by atoms with Crippen molar-refractivity contribution in [1.29, 1.82) is 0 Å². The van der Waals surface area contributed by atoms with Crippen LogP contribution in [0.1, 0.15) is 23.2 Å². The van der Waals surface area contributed by atoms with Gasteiger partial charge in [0.2, 0.25) is 0 Å². The van der Waals surface area contributed by atoms with Crippen molar-refractivity contribution in [2.75, 3.05) is 19.8 Å². The highest BCUT2D eigenvalue weighted by Crippen LogP contribution is 2.21. The van der Waals surface area contributed by atoms with Gasteiger partial charge < -0.3 is 20.1 Å². The molecule has 1 aromatic carbocycles. The van der Waals surface area contributed by atoms with Crippen molar-refractivity contribution in [3.63, 3.8) is 0 Å². The van der Waals surface area contributed by atoms with Gasteiger partial charge in [-0.3, -0.25) is 4.79 Å². The molecule has 1 aliphatic heterocycles. The van der Waals surface area contributed by atoms with E-state index in [1.165, 1.54) is 0 Å². The first-order valence-corrected chi connectivity index (χ1v) is 6.81. The zero-order valence-corrected chi connectivity index (χ0v) is 11.2. The molecule has 0 bridgehead atoms. The van der Waals surface area contributed by atoms with Gasteiger partial charge in [0.15, 0.2) is 0 Å². The van der Waals surface area contributed by atoms with E-state index in [2.05, 4.69) is 10.3 Å². The van der Waals surface area contributed by atoms with Crippen molar-refractivity contribution in [3.8, 4) is 0 Å². The standard InChI is InChI=1S/C15H18N2O3/c18-10-15(4-7-20-8-5-15)17-14(19)12-2-1-11-3-6-16-13(11)9-12/h1-3,6,9,16,18H,4-5,7-8,10H2,(H,17,19). The Bertz CT molecular complexity index is 614. The number of aromatic amines is 1. The number of nitrogens with one attached hydrogen (secondary N) is 2. The molecule has 0 atom stereocenters. The number of benzene rings is 1. The van der Waals surface area contributed by atoms with Gasteiger partial charge >= 0.3 is 0 Å². The summed E-state index contributed by atoms with van der Waals surface area (Å²) in [5.41, 5.74) is 0.974. The average molecular weight is 274 g/mol. The van der Waals surface area contributed by atoms with Crippen LogP contribution in [0.3, 0.4) is 0 Å². The lowest BCUT2D eigenvalue weighted by Crippen LogP contribution is -2.54. The van der Waals surface area contributed by atoms with Crippen molar-refractivity contribution in [2.24, 2.45) is 0 Å². The van der Waals surface area contributed by atoms with E-state index in [4.69, 9.17) is 4.74 Å². The first-order valence-electron chi connectivity index (χ1n) is 6.81. The number of H-pyrrole nitrogens is 1. The molecule has 0 unspecified atom stereocenters. The molecule has 3 N–H and O–H groups in total. The van der Waals surface area contributed by atoms with Crippen molar-refractivity contribution in [2.45, 2.75) is 18.4 Å². The van der Waals surface area contributed by atoms with Gasteiger partial charge in [0.05, 0.1) is 12.1 Å². The summed E-state index contributed by atoms with van der Waals surface area (Å²) in [6, 6.07) is 7.51. The number of amides is 1. The van der Waals surface area contributed by atoms with E-state index in [1.807, 2.05) is 24.4 Å². The highest BCUT2D eigenvalue weighted by molar-refractivity contribution is 5.98. The van der Waals surface area contributed by atoms with Crippen LogP contribution in [-0.4, -0.2) is 41.4 Å². The Morgan fingerprint density at radius 2 is 2.15 bits per heavy atom. The fourth-order valence-corrected chi connectivity index (χ4v) is 2.59. The first-order chi connectivity index (χ1) is 9.72. The van der Waals surface area contributed by atoms with Crippen LogP contribution in [0.2, 0.25) is 0 Å². The molecule has 5 heteroatoms. The van der Waals surface area contributed by atoms with E-state index >= 15 is 0 Å². The normalized spacial score (nSPS) is 18.1. The minimum absolute atomic E-state index is 0.0627. The maximum Gasteiger partial charge on any atom is 0.251 e. The molecule has 2 heterocycles. The van der Waals surface area contributed by atoms with Gasteiger partial charge in [-0.15, -0.1) is 0 Å². The summed E-state index contributed by atoms with van der Waals surface area (Å²) < 4.78 is 5.29. The lowest BCUT2D eigenvalue weighted by atomic mass is 9.90. The van der Waals surface area contributed by atoms with Gasteiger partial charge in [-0.05, 0) is 36.4 Å². The van der Waals surface area contributed by atoms with E-state index < -0.39 is 5.54 Å². The summed E-state index contributed by atoms with van der Waals surface area (Å²) in [6.45, 7) is 1.07. The second kappa shape index (κ2) is 5.26. The monoisotopic (exact) mass is 274 g/mol. The molecule has 3 rings (SSSR count). The molecule has 0 aliphatic carbocycles. The maximum atomic E-state index is 12.4. The van der Waals surface area contributed by atoms with Gasteiger partial charge in [-0.1, -0.05) is 6.07 Å². The number of rotatable bonds is 3. The molecule has 106 valence electrons. The lowest BCUT2D eigenvalue weighted by molar-refractivity contribution is 0.0125. The molecule has 0 saturated carbocycles. The summed E-state index contributed by atoms with van der Waals surface area (Å²) in [5, 5.41) is 13.6. The number of aromatic nitrogens is 1. The van der Waals surface area contributed by atoms with Gasteiger partial charge in [0.1, 0.15) is 0 Å². The van der Waals surface area contributed by atoms with Crippen molar-refractivity contribution >= 4 is 16.8 Å². The van der Waals surface area contributed by atoms with Gasteiger partial charge in [0.25, 0.3) is 5.91 Å². The largest absolute Gasteiger partial charge is 0.394 e. The molecule has 20 heavy (non-hydrogen) atoms. The highest BCUT2D eigenvalue weighted by Gasteiger charge is 2.33. The smallest absolute Gasteiger partial charge is 0.251 e. The van der Waals surface area contributed by atoms with E-state index in [1.54, 1.807) is 6.07 Å². The number of carbonyl (C=O) groups is 1. The Hall–Kier alpha value is -1.85. The number of aliphatic hydroxyl groups is 1. The SMILES string of the molecule is O=C(NC1(CO)CCOCC1)c1ccc2cc[nH]c2c1. The number of carbonyl (C=O) groups excluding carboxylic acids is 1. The second-order valence-corrected chi connectivity index (χ2v) is 5.28. The van der Waals surface area contributed by atoms with E-state index in [0.29, 0.717) is 31.6 Å². The Morgan fingerprint density at radius 1 is 1.35 bits per heavy atom. The molecule has 1 amide bonds.